The maximum Gasteiger partial charge on any atom is 0.124 e. The van der Waals surface area contributed by atoms with E-state index in [1.54, 1.807) is 0 Å². The fourth-order valence-electron chi connectivity index (χ4n) is 1.94. The highest BCUT2D eigenvalue weighted by molar-refractivity contribution is 5.32. The van der Waals surface area contributed by atoms with Crippen molar-refractivity contribution in [1.82, 2.24) is 4.90 Å². The number of hydrogen-bond acceptors (Lipinski definition) is 2. The minimum Gasteiger partial charge on any atom is -0.488 e. The van der Waals surface area contributed by atoms with Gasteiger partial charge in [-0.3, -0.25) is 4.90 Å². The van der Waals surface area contributed by atoms with Crippen LogP contribution in [0.25, 0.3) is 0 Å². The van der Waals surface area contributed by atoms with Gasteiger partial charge in [0.15, 0.2) is 0 Å². The van der Waals surface area contributed by atoms with Crippen LogP contribution in [0.5, 0.6) is 5.75 Å². The summed E-state index contributed by atoms with van der Waals surface area (Å²) in [5.74, 6) is 1.01. The smallest absolute Gasteiger partial charge is 0.124 e. The van der Waals surface area contributed by atoms with Gasteiger partial charge < -0.3 is 4.74 Å². The van der Waals surface area contributed by atoms with E-state index >= 15 is 0 Å². The highest BCUT2D eigenvalue weighted by Gasteiger charge is 2.25. The van der Waals surface area contributed by atoms with Crippen LogP contribution in [0, 0.1) is 0 Å². The van der Waals surface area contributed by atoms with E-state index in [9.17, 15) is 0 Å². The van der Waals surface area contributed by atoms with Crippen LogP contribution in [-0.2, 0) is 5.41 Å². The lowest BCUT2D eigenvalue weighted by molar-refractivity contribution is 0.0387. The molecule has 0 atom stereocenters. The van der Waals surface area contributed by atoms with Gasteiger partial charge in [0.1, 0.15) is 11.9 Å². The van der Waals surface area contributed by atoms with E-state index in [2.05, 4.69) is 50.9 Å². The molecule has 0 unspecified atom stereocenters. The molecule has 1 aromatic rings. The maximum absolute atomic E-state index is 5.91. The lowest BCUT2D eigenvalue weighted by atomic mass is 9.87. The first-order valence-electron chi connectivity index (χ1n) is 5.91. The van der Waals surface area contributed by atoms with Crippen LogP contribution in [0.15, 0.2) is 24.3 Å². The molecule has 0 radical (unpaired) electrons. The number of rotatable bonds is 2. The molecule has 0 N–H and O–H groups in total. The average molecular weight is 219 g/mol. The average Bonchev–Trinajstić information content (AvgIpc) is 2.14. The molecule has 0 aromatic heterocycles. The van der Waals surface area contributed by atoms with Crippen molar-refractivity contribution in [3.63, 3.8) is 0 Å². The van der Waals surface area contributed by atoms with Crippen molar-refractivity contribution in [2.24, 2.45) is 0 Å². The number of ether oxygens (including phenoxy) is 1. The third-order valence-corrected chi connectivity index (χ3v) is 3.03. The van der Waals surface area contributed by atoms with E-state index in [0.29, 0.717) is 6.10 Å². The molecule has 2 heteroatoms. The van der Waals surface area contributed by atoms with Crippen molar-refractivity contribution in [2.75, 3.05) is 20.1 Å². The Morgan fingerprint density at radius 1 is 1.25 bits per heavy atom. The highest BCUT2D eigenvalue weighted by Crippen LogP contribution is 2.26. The Kier molecular flexibility index (Phi) is 2.94. The molecule has 16 heavy (non-hydrogen) atoms. The monoisotopic (exact) mass is 219 g/mol. The summed E-state index contributed by atoms with van der Waals surface area (Å²) in [6, 6.07) is 8.46. The number of benzene rings is 1. The second kappa shape index (κ2) is 4.10. The molecule has 2 rings (SSSR count). The molecule has 2 nitrogen and oxygen atoms in total. The fourth-order valence-corrected chi connectivity index (χ4v) is 1.94. The number of likely N-dealkylation sites (N-methyl/N-ethyl adjacent to an activating group) is 1. The molecule has 1 fully saturated rings. The van der Waals surface area contributed by atoms with Crippen molar-refractivity contribution in [3.05, 3.63) is 29.8 Å². The zero-order valence-corrected chi connectivity index (χ0v) is 10.7. The van der Waals surface area contributed by atoms with Crippen LogP contribution in [0.3, 0.4) is 0 Å². The summed E-state index contributed by atoms with van der Waals surface area (Å²) in [5, 5.41) is 0. The van der Waals surface area contributed by atoms with Crippen LogP contribution >= 0.6 is 0 Å². The van der Waals surface area contributed by atoms with E-state index < -0.39 is 0 Å². The summed E-state index contributed by atoms with van der Waals surface area (Å²) < 4.78 is 5.91. The summed E-state index contributed by atoms with van der Waals surface area (Å²) in [6.45, 7) is 8.76. The number of hydrogen-bond donors (Lipinski definition) is 0. The first-order valence-corrected chi connectivity index (χ1v) is 5.91. The minimum absolute atomic E-state index is 0.190. The second-order valence-electron chi connectivity index (χ2n) is 5.74. The predicted molar refractivity (Wildman–Crippen MR) is 67.1 cm³/mol. The molecular weight excluding hydrogens is 198 g/mol. The van der Waals surface area contributed by atoms with Crippen LogP contribution in [-0.4, -0.2) is 31.1 Å². The molecule has 0 spiro atoms. The van der Waals surface area contributed by atoms with E-state index in [1.165, 1.54) is 5.56 Å². The molecule has 1 aromatic carbocycles. The summed E-state index contributed by atoms with van der Waals surface area (Å²) in [6.07, 6.45) is 0.375. The van der Waals surface area contributed by atoms with Gasteiger partial charge in [-0.1, -0.05) is 32.9 Å². The lowest BCUT2D eigenvalue weighted by Crippen LogP contribution is -2.51. The fraction of sp³-hybridized carbons (Fsp3) is 0.571. The largest absolute Gasteiger partial charge is 0.488 e. The summed E-state index contributed by atoms with van der Waals surface area (Å²) >= 11 is 0. The van der Waals surface area contributed by atoms with Crippen LogP contribution in [0.4, 0.5) is 0 Å². The molecule has 1 heterocycles. The second-order valence-corrected chi connectivity index (χ2v) is 5.74. The Morgan fingerprint density at radius 2 is 1.94 bits per heavy atom. The molecule has 0 amide bonds. The zero-order valence-electron chi connectivity index (χ0n) is 10.7. The molecule has 1 aliphatic heterocycles. The van der Waals surface area contributed by atoms with Crippen LogP contribution < -0.4 is 4.74 Å². The van der Waals surface area contributed by atoms with E-state index in [-0.39, 0.29) is 5.41 Å². The third kappa shape index (κ3) is 2.56. The van der Waals surface area contributed by atoms with Gasteiger partial charge in [0, 0.05) is 13.1 Å². The number of nitrogens with zero attached hydrogens (tertiary/aromatic N) is 1. The van der Waals surface area contributed by atoms with Gasteiger partial charge in [-0.25, -0.2) is 0 Å². The molecule has 0 saturated carbocycles. The van der Waals surface area contributed by atoms with Gasteiger partial charge in [0.2, 0.25) is 0 Å². The minimum atomic E-state index is 0.190. The Bertz CT molecular complexity index is 361. The van der Waals surface area contributed by atoms with Gasteiger partial charge in [-0.15, -0.1) is 0 Å². The van der Waals surface area contributed by atoms with Gasteiger partial charge >= 0.3 is 0 Å². The normalized spacial score (nSPS) is 18.2. The van der Waals surface area contributed by atoms with E-state index in [4.69, 9.17) is 4.74 Å². The summed E-state index contributed by atoms with van der Waals surface area (Å²) in [5.41, 5.74) is 1.52. The van der Waals surface area contributed by atoms with Gasteiger partial charge in [0.25, 0.3) is 0 Å². The molecule has 1 aliphatic rings. The first-order chi connectivity index (χ1) is 7.45. The Hall–Kier alpha value is -1.02. The summed E-state index contributed by atoms with van der Waals surface area (Å²) in [4.78, 5) is 2.26. The Morgan fingerprint density at radius 3 is 2.50 bits per heavy atom. The Labute approximate surface area is 98.2 Å². The van der Waals surface area contributed by atoms with Crippen molar-refractivity contribution in [2.45, 2.75) is 32.3 Å². The maximum atomic E-state index is 5.91. The molecule has 0 bridgehead atoms. The van der Waals surface area contributed by atoms with E-state index in [1.807, 2.05) is 6.07 Å². The number of likely N-dealkylation sites (tertiary alicyclic amines) is 1. The molecule has 0 aliphatic carbocycles. The van der Waals surface area contributed by atoms with Gasteiger partial charge in [-0.05, 0) is 30.2 Å². The van der Waals surface area contributed by atoms with Crippen LogP contribution in [0.2, 0.25) is 0 Å². The zero-order chi connectivity index (χ0) is 11.8. The van der Waals surface area contributed by atoms with Crippen molar-refractivity contribution in [1.29, 1.82) is 0 Å². The molecular formula is C14H21NO. The van der Waals surface area contributed by atoms with Crippen molar-refractivity contribution >= 4 is 0 Å². The van der Waals surface area contributed by atoms with Gasteiger partial charge in [0.05, 0.1) is 0 Å². The standard InChI is InChI=1S/C14H21NO/c1-14(2,3)11-6-5-7-12(8-11)16-13-9-15(4)10-13/h5-8,13H,9-10H2,1-4H3. The van der Waals surface area contributed by atoms with Crippen molar-refractivity contribution < 1.29 is 4.74 Å². The van der Waals surface area contributed by atoms with Crippen molar-refractivity contribution in [3.8, 4) is 5.75 Å². The SMILES string of the molecule is CN1CC(Oc2cccc(C(C)(C)C)c2)C1. The quantitative estimate of drug-likeness (QED) is 0.758. The molecule has 1 saturated heterocycles. The van der Waals surface area contributed by atoms with Gasteiger partial charge in [-0.2, -0.15) is 0 Å². The Balaban J connectivity index is 2.05. The third-order valence-electron chi connectivity index (χ3n) is 3.03. The van der Waals surface area contributed by atoms with Crippen LogP contribution in [0.1, 0.15) is 26.3 Å². The summed E-state index contributed by atoms with van der Waals surface area (Å²) in [7, 11) is 2.12. The van der Waals surface area contributed by atoms with E-state index in [0.717, 1.165) is 18.8 Å². The lowest BCUT2D eigenvalue weighted by Gasteiger charge is -2.36. The first kappa shape index (κ1) is 11.5. The molecule has 88 valence electrons. The topological polar surface area (TPSA) is 12.5 Å². The predicted octanol–water partition coefficient (Wildman–Crippen LogP) is 2.68. The highest BCUT2D eigenvalue weighted by atomic mass is 16.5.